The summed E-state index contributed by atoms with van der Waals surface area (Å²) >= 11 is 1.85. The molecular weight excluding hydrogens is 741 g/mol. The lowest BCUT2D eigenvalue weighted by Gasteiger charge is -2.26. The molecule has 0 bridgehead atoms. The monoisotopic (exact) mass is 784 g/mol. The molecule has 0 aromatic heterocycles. The molecule has 284 valence electrons. The molecule has 4 aliphatic rings. The minimum atomic E-state index is -3.69. The summed E-state index contributed by atoms with van der Waals surface area (Å²) in [6, 6.07) is 19.1. The first-order valence-corrected chi connectivity index (χ1v) is 21.8. The van der Waals surface area contributed by atoms with Gasteiger partial charge in [0, 0.05) is 54.7 Å². The highest BCUT2D eigenvalue weighted by Gasteiger charge is 2.42. The van der Waals surface area contributed by atoms with Crippen molar-refractivity contribution in [1.82, 2.24) is 24.7 Å². The molecule has 0 aliphatic carbocycles. The van der Waals surface area contributed by atoms with E-state index < -0.39 is 20.0 Å². The summed E-state index contributed by atoms with van der Waals surface area (Å²) in [6.07, 6.45) is 2.71. The second-order valence-electron chi connectivity index (χ2n) is 13.4. The average molecular weight is 785 g/mol. The van der Waals surface area contributed by atoms with Crippen LogP contribution in [0.25, 0.3) is 22.3 Å². The van der Waals surface area contributed by atoms with Gasteiger partial charge in [0.05, 0.1) is 54.0 Å². The summed E-state index contributed by atoms with van der Waals surface area (Å²) < 4.78 is 66.7. The summed E-state index contributed by atoms with van der Waals surface area (Å²) in [5.74, 6) is 0.691. The number of carbonyl (C=O) groups excluding carboxylic acids is 2. The van der Waals surface area contributed by atoms with Gasteiger partial charge in [-0.15, -0.1) is 0 Å². The van der Waals surface area contributed by atoms with Gasteiger partial charge in [-0.3, -0.25) is 15.6 Å². The zero-order valence-corrected chi connectivity index (χ0v) is 31.6. The highest BCUT2D eigenvalue weighted by Crippen LogP contribution is 2.38. The molecule has 4 heterocycles. The standard InChI is InChI=1S/C36H44N6O8S3/c43-33(7-2-1-6-32-35-31(24-51-32)37-36(44)38-35)39-40-34-29(25-8-12-27(13-9-25)52(45,46)41-16-20-49-21-17-41)4-3-5-30(34)26-10-14-28(15-11-26)53(47,48)42-18-22-50-23-19-42/h3-5,8-15,31-32,35,40H,1-2,6-7,16-24H2,(H,39,43)(H2,37,38,44)/t31-,32-,35-/m0/s1. The van der Waals surface area contributed by atoms with Crippen LogP contribution < -0.4 is 21.5 Å². The van der Waals surface area contributed by atoms with Gasteiger partial charge in [-0.1, -0.05) is 48.9 Å². The van der Waals surface area contributed by atoms with Crippen LogP contribution >= 0.6 is 11.8 Å². The molecule has 0 radical (unpaired) electrons. The zero-order chi connectivity index (χ0) is 37.0. The van der Waals surface area contributed by atoms with Gasteiger partial charge in [0.25, 0.3) is 0 Å². The highest BCUT2D eigenvalue weighted by atomic mass is 32.2. The predicted molar refractivity (Wildman–Crippen MR) is 202 cm³/mol. The zero-order valence-electron chi connectivity index (χ0n) is 29.2. The van der Waals surface area contributed by atoms with Crippen molar-refractivity contribution in [3.8, 4) is 22.3 Å². The number of benzene rings is 3. The van der Waals surface area contributed by atoms with Crippen LogP contribution in [0.3, 0.4) is 0 Å². The largest absolute Gasteiger partial charge is 0.379 e. The Labute approximate surface area is 314 Å². The fraction of sp³-hybridized carbons (Fsp3) is 0.444. The maximum atomic E-state index is 13.3. The molecule has 0 spiro atoms. The Kier molecular flexibility index (Phi) is 11.6. The van der Waals surface area contributed by atoms with Crippen molar-refractivity contribution >= 4 is 49.4 Å². The number of para-hydroxylation sites is 1. The number of hydrazine groups is 1. The Balaban J connectivity index is 1.09. The molecule has 7 rings (SSSR count). The summed E-state index contributed by atoms with van der Waals surface area (Å²) in [7, 11) is -7.39. The van der Waals surface area contributed by atoms with Gasteiger partial charge in [0.2, 0.25) is 26.0 Å². The first-order chi connectivity index (χ1) is 25.6. The van der Waals surface area contributed by atoms with Gasteiger partial charge in [-0.2, -0.15) is 20.4 Å². The Bertz CT molecular complexity index is 1890. The number of fused-ring (bicyclic) bond motifs is 1. The molecule has 3 atom stereocenters. The first kappa shape index (κ1) is 37.6. The maximum Gasteiger partial charge on any atom is 0.315 e. The van der Waals surface area contributed by atoms with E-state index in [1.54, 1.807) is 48.5 Å². The van der Waals surface area contributed by atoms with Crippen molar-refractivity contribution in [1.29, 1.82) is 0 Å². The lowest BCUT2D eigenvalue weighted by molar-refractivity contribution is -0.120. The van der Waals surface area contributed by atoms with Crippen molar-refractivity contribution in [2.45, 2.75) is 52.8 Å². The van der Waals surface area contributed by atoms with E-state index in [0.29, 0.717) is 87.5 Å². The van der Waals surface area contributed by atoms with Crippen molar-refractivity contribution in [2.24, 2.45) is 0 Å². The molecule has 53 heavy (non-hydrogen) atoms. The number of hydrogen-bond donors (Lipinski definition) is 4. The number of nitrogens with zero attached hydrogens (tertiary/aromatic N) is 2. The van der Waals surface area contributed by atoms with Gasteiger partial charge >= 0.3 is 6.03 Å². The summed E-state index contributed by atoms with van der Waals surface area (Å²) in [5.41, 5.74) is 9.44. The van der Waals surface area contributed by atoms with E-state index >= 15 is 0 Å². The molecule has 4 N–H and O–H groups in total. The van der Waals surface area contributed by atoms with E-state index in [-0.39, 0.29) is 33.8 Å². The SMILES string of the molecule is O=C(CCCC[C@@H]1SC[C@@H]2NC(=O)N[C@@H]21)NNc1c(-c2ccc(S(=O)(=O)N3CCOCC3)cc2)cccc1-c1ccc(S(=O)(=O)N2CCOCC2)cc1. The summed E-state index contributed by atoms with van der Waals surface area (Å²) in [4.78, 5) is 25.2. The van der Waals surface area contributed by atoms with Gasteiger partial charge in [0.15, 0.2) is 0 Å². The number of thioether (sulfide) groups is 1. The number of sulfonamides is 2. The lowest BCUT2D eigenvalue weighted by atomic mass is 9.96. The topological polar surface area (TPSA) is 175 Å². The number of nitrogens with one attached hydrogen (secondary N) is 4. The van der Waals surface area contributed by atoms with E-state index in [1.165, 1.54) is 8.61 Å². The van der Waals surface area contributed by atoms with Crippen LogP contribution in [0, 0.1) is 0 Å². The molecule has 4 aliphatic heterocycles. The number of morpholine rings is 2. The average Bonchev–Trinajstić information content (AvgIpc) is 3.75. The number of carbonyl (C=O) groups is 2. The number of hydrogen-bond acceptors (Lipinski definition) is 10. The first-order valence-electron chi connectivity index (χ1n) is 17.8. The number of urea groups is 1. The van der Waals surface area contributed by atoms with Crippen LogP contribution in [0.4, 0.5) is 10.5 Å². The van der Waals surface area contributed by atoms with E-state index in [1.807, 2.05) is 30.0 Å². The van der Waals surface area contributed by atoms with Gasteiger partial charge < -0.3 is 20.1 Å². The Hall–Kier alpha value is -3.71. The number of rotatable bonds is 13. The minimum absolute atomic E-state index is 0.113. The Morgan fingerprint density at radius 1 is 0.755 bits per heavy atom. The molecule has 3 amide bonds. The second kappa shape index (κ2) is 16.3. The molecule has 0 unspecified atom stereocenters. The fourth-order valence-electron chi connectivity index (χ4n) is 7.12. The van der Waals surface area contributed by atoms with Crippen LogP contribution in [0.1, 0.15) is 25.7 Å². The molecule has 3 aromatic rings. The van der Waals surface area contributed by atoms with Crippen molar-refractivity contribution < 1.29 is 35.9 Å². The highest BCUT2D eigenvalue weighted by molar-refractivity contribution is 8.00. The van der Waals surface area contributed by atoms with Crippen LogP contribution in [-0.4, -0.2) is 113 Å². The van der Waals surface area contributed by atoms with Crippen LogP contribution in [0.2, 0.25) is 0 Å². The molecule has 14 nitrogen and oxygen atoms in total. The fourth-order valence-corrected chi connectivity index (χ4v) is 11.5. The van der Waals surface area contributed by atoms with E-state index in [2.05, 4.69) is 21.5 Å². The van der Waals surface area contributed by atoms with E-state index in [9.17, 15) is 26.4 Å². The third-order valence-electron chi connectivity index (χ3n) is 10.0. The summed E-state index contributed by atoms with van der Waals surface area (Å²) in [6.45, 7) is 2.58. The van der Waals surface area contributed by atoms with Crippen LogP contribution in [-0.2, 0) is 34.3 Å². The quantitative estimate of drug-likeness (QED) is 0.115. The van der Waals surface area contributed by atoms with Crippen LogP contribution in [0.15, 0.2) is 76.5 Å². The number of amides is 3. The third-order valence-corrected chi connectivity index (χ3v) is 15.4. The molecule has 4 saturated heterocycles. The Morgan fingerprint density at radius 2 is 1.28 bits per heavy atom. The van der Waals surface area contributed by atoms with Crippen molar-refractivity contribution in [3.05, 3.63) is 66.7 Å². The normalized spacial score (nSPS) is 22.5. The van der Waals surface area contributed by atoms with Crippen LogP contribution in [0.5, 0.6) is 0 Å². The van der Waals surface area contributed by atoms with E-state index in [0.717, 1.165) is 29.7 Å². The number of unbranched alkanes of at least 4 members (excludes halogenated alkanes) is 1. The number of ether oxygens (including phenoxy) is 2. The molecule has 0 saturated carbocycles. The lowest BCUT2D eigenvalue weighted by Crippen LogP contribution is -2.40. The van der Waals surface area contributed by atoms with Crippen molar-refractivity contribution in [2.75, 3.05) is 63.8 Å². The molecule has 17 heteroatoms. The predicted octanol–water partition coefficient (Wildman–Crippen LogP) is 3.23. The Morgan fingerprint density at radius 3 is 1.81 bits per heavy atom. The molecule has 3 aromatic carbocycles. The van der Waals surface area contributed by atoms with Gasteiger partial charge in [0.1, 0.15) is 0 Å². The van der Waals surface area contributed by atoms with Crippen molar-refractivity contribution in [3.63, 3.8) is 0 Å². The second-order valence-corrected chi connectivity index (χ2v) is 18.5. The molecular formula is C36H44N6O8S3. The van der Waals surface area contributed by atoms with Gasteiger partial charge in [-0.05, 0) is 48.2 Å². The number of anilines is 1. The third kappa shape index (κ3) is 8.35. The summed E-state index contributed by atoms with van der Waals surface area (Å²) in [5, 5.41) is 6.28. The minimum Gasteiger partial charge on any atom is -0.379 e. The maximum absolute atomic E-state index is 13.3. The molecule has 4 fully saturated rings. The van der Waals surface area contributed by atoms with E-state index in [4.69, 9.17) is 9.47 Å². The smallest absolute Gasteiger partial charge is 0.315 e. The van der Waals surface area contributed by atoms with Gasteiger partial charge in [-0.25, -0.2) is 21.6 Å².